The van der Waals surface area contributed by atoms with Crippen LogP contribution in [-0.2, 0) is 0 Å². The standard InChI is InChI=1S/C12H17N/c1-4-5-6-10(2)9-12-8-7-11(3)13-12/h4,8-9H,1,5-7H2,2-3H3/b10-9+. The summed E-state index contributed by atoms with van der Waals surface area (Å²) in [4.78, 5) is 4.41. The Labute approximate surface area is 80.6 Å². The molecular formula is C12H17N. The zero-order valence-electron chi connectivity index (χ0n) is 8.51. The topological polar surface area (TPSA) is 12.4 Å². The van der Waals surface area contributed by atoms with Crippen LogP contribution >= 0.6 is 0 Å². The summed E-state index contributed by atoms with van der Waals surface area (Å²) in [6.45, 7) is 7.92. The molecule has 0 unspecified atom stereocenters. The molecule has 0 saturated carbocycles. The first-order valence-corrected chi connectivity index (χ1v) is 4.75. The van der Waals surface area contributed by atoms with Crippen molar-refractivity contribution in [1.82, 2.24) is 0 Å². The summed E-state index contributed by atoms with van der Waals surface area (Å²) in [5, 5.41) is 0. The fourth-order valence-corrected chi connectivity index (χ4v) is 1.31. The second-order valence-electron chi connectivity index (χ2n) is 3.50. The monoisotopic (exact) mass is 175 g/mol. The molecule has 0 aromatic heterocycles. The van der Waals surface area contributed by atoms with Crippen LogP contribution in [0.3, 0.4) is 0 Å². The van der Waals surface area contributed by atoms with Gasteiger partial charge in [-0.3, -0.25) is 4.99 Å². The Bertz CT molecular complexity index is 279. The molecule has 1 aliphatic heterocycles. The van der Waals surface area contributed by atoms with Gasteiger partial charge in [-0.25, -0.2) is 0 Å². The highest BCUT2D eigenvalue weighted by Gasteiger charge is 2.01. The molecule has 13 heavy (non-hydrogen) atoms. The van der Waals surface area contributed by atoms with Crippen molar-refractivity contribution >= 4 is 5.71 Å². The van der Waals surface area contributed by atoms with Crippen molar-refractivity contribution < 1.29 is 0 Å². The van der Waals surface area contributed by atoms with Gasteiger partial charge >= 0.3 is 0 Å². The first-order valence-electron chi connectivity index (χ1n) is 4.75. The SMILES string of the molecule is C=CCC/C(C)=C/C1=CCC(C)=N1. The van der Waals surface area contributed by atoms with Gasteiger partial charge in [0.05, 0.1) is 5.70 Å². The summed E-state index contributed by atoms with van der Waals surface area (Å²) in [5.74, 6) is 0. The van der Waals surface area contributed by atoms with E-state index in [1.165, 1.54) is 11.3 Å². The average Bonchev–Trinajstić information content (AvgIpc) is 2.48. The van der Waals surface area contributed by atoms with Crippen LogP contribution in [0.2, 0.25) is 0 Å². The summed E-state index contributed by atoms with van der Waals surface area (Å²) in [5.41, 5.74) is 3.71. The first kappa shape index (κ1) is 9.97. The molecule has 0 aromatic carbocycles. The van der Waals surface area contributed by atoms with Gasteiger partial charge in [-0.15, -0.1) is 6.58 Å². The highest BCUT2D eigenvalue weighted by atomic mass is 14.8. The molecule has 0 aliphatic carbocycles. The van der Waals surface area contributed by atoms with E-state index in [9.17, 15) is 0 Å². The first-order chi connectivity index (χ1) is 6.22. The lowest BCUT2D eigenvalue weighted by atomic mass is 10.1. The lowest BCUT2D eigenvalue weighted by molar-refractivity contribution is 0.977. The number of hydrogen-bond donors (Lipinski definition) is 0. The predicted octanol–water partition coefficient (Wildman–Crippen LogP) is 3.65. The Balaban J connectivity index is 2.50. The number of allylic oxidation sites excluding steroid dienone is 4. The van der Waals surface area contributed by atoms with Crippen LogP contribution in [-0.4, -0.2) is 5.71 Å². The lowest BCUT2D eigenvalue weighted by Crippen LogP contribution is -1.80. The van der Waals surface area contributed by atoms with E-state index in [1.807, 2.05) is 6.08 Å². The van der Waals surface area contributed by atoms with Gasteiger partial charge in [0.2, 0.25) is 0 Å². The lowest BCUT2D eigenvalue weighted by Gasteiger charge is -1.96. The van der Waals surface area contributed by atoms with Crippen LogP contribution < -0.4 is 0 Å². The van der Waals surface area contributed by atoms with Gasteiger partial charge in [0.25, 0.3) is 0 Å². The third-order valence-electron chi connectivity index (χ3n) is 2.06. The molecule has 0 atom stereocenters. The molecule has 0 N–H and O–H groups in total. The quantitative estimate of drug-likeness (QED) is 0.578. The van der Waals surface area contributed by atoms with Crippen LogP contribution in [0.25, 0.3) is 0 Å². The zero-order chi connectivity index (χ0) is 9.68. The van der Waals surface area contributed by atoms with Crippen molar-refractivity contribution in [3.8, 4) is 0 Å². The number of rotatable bonds is 4. The summed E-state index contributed by atoms with van der Waals surface area (Å²) < 4.78 is 0. The molecule has 0 radical (unpaired) electrons. The maximum Gasteiger partial charge on any atom is 0.0592 e. The van der Waals surface area contributed by atoms with Crippen LogP contribution in [0.4, 0.5) is 0 Å². The van der Waals surface area contributed by atoms with Crippen molar-refractivity contribution in [2.24, 2.45) is 4.99 Å². The second-order valence-corrected chi connectivity index (χ2v) is 3.50. The van der Waals surface area contributed by atoms with Crippen LogP contribution in [0.1, 0.15) is 33.1 Å². The molecule has 1 nitrogen and oxygen atoms in total. The van der Waals surface area contributed by atoms with E-state index in [1.54, 1.807) is 0 Å². The number of aliphatic imine (C=N–C) groups is 1. The predicted molar refractivity (Wildman–Crippen MR) is 59.0 cm³/mol. The van der Waals surface area contributed by atoms with Gasteiger partial charge in [0.1, 0.15) is 0 Å². The molecule has 0 bridgehead atoms. The molecule has 0 amide bonds. The largest absolute Gasteiger partial charge is 0.258 e. The Hall–Kier alpha value is -1.11. The van der Waals surface area contributed by atoms with Crippen LogP contribution in [0.15, 0.2) is 41.1 Å². The van der Waals surface area contributed by atoms with Gasteiger partial charge in [-0.1, -0.05) is 17.7 Å². The van der Waals surface area contributed by atoms with Gasteiger partial charge in [0.15, 0.2) is 0 Å². The summed E-state index contributed by atoms with van der Waals surface area (Å²) >= 11 is 0. The van der Waals surface area contributed by atoms with Crippen molar-refractivity contribution in [2.75, 3.05) is 0 Å². The van der Waals surface area contributed by atoms with Crippen molar-refractivity contribution in [1.29, 1.82) is 0 Å². The van der Waals surface area contributed by atoms with Crippen LogP contribution in [0.5, 0.6) is 0 Å². The highest BCUT2D eigenvalue weighted by molar-refractivity contribution is 5.86. The van der Waals surface area contributed by atoms with E-state index in [2.05, 4.69) is 37.6 Å². The van der Waals surface area contributed by atoms with E-state index in [0.29, 0.717) is 0 Å². The minimum absolute atomic E-state index is 1.01. The summed E-state index contributed by atoms with van der Waals surface area (Å²) in [7, 11) is 0. The maximum absolute atomic E-state index is 4.41. The van der Waals surface area contributed by atoms with E-state index in [-0.39, 0.29) is 0 Å². The van der Waals surface area contributed by atoms with Gasteiger partial charge in [0, 0.05) is 12.1 Å². The highest BCUT2D eigenvalue weighted by Crippen LogP contribution is 2.15. The molecule has 1 heteroatoms. The maximum atomic E-state index is 4.41. The zero-order valence-corrected chi connectivity index (χ0v) is 8.51. The molecule has 0 fully saturated rings. The molecule has 0 aromatic rings. The van der Waals surface area contributed by atoms with Crippen molar-refractivity contribution in [3.05, 3.63) is 36.1 Å². The second kappa shape index (κ2) is 4.80. The van der Waals surface area contributed by atoms with Gasteiger partial charge in [-0.05, 0) is 32.8 Å². The fraction of sp³-hybridized carbons (Fsp3) is 0.417. The average molecular weight is 175 g/mol. The Morgan fingerprint density at radius 3 is 3.00 bits per heavy atom. The summed E-state index contributed by atoms with van der Waals surface area (Å²) in [6, 6.07) is 0. The van der Waals surface area contributed by atoms with E-state index in [0.717, 1.165) is 25.0 Å². The van der Waals surface area contributed by atoms with E-state index >= 15 is 0 Å². The number of nitrogens with zero attached hydrogens (tertiary/aromatic N) is 1. The molecule has 1 heterocycles. The molecular weight excluding hydrogens is 158 g/mol. The Kier molecular flexibility index (Phi) is 3.69. The van der Waals surface area contributed by atoms with Crippen LogP contribution in [0, 0.1) is 0 Å². The molecule has 0 spiro atoms. The summed E-state index contributed by atoms with van der Waals surface area (Å²) in [6.07, 6.45) is 9.45. The number of hydrogen-bond acceptors (Lipinski definition) is 1. The third-order valence-corrected chi connectivity index (χ3v) is 2.06. The third kappa shape index (κ3) is 3.41. The Morgan fingerprint density at radius 1 is 1.69 bits per heavy atom. The molecule has 0 saturated heterocycles. The normalized spacial score (nSPS) is 16.9. The fourth-order valence-electron chi connectivity index (χ4n) is 1.31. The van der Waals surface area contributed by atoms with Crippen molar-refractivity contribution in [2.45, 2.75) is 33.1 Å². The van der Waals surface area contributed by atoms with Gasteiger partial charge in [-0.2, -0.15) is 0 Å². The minimum Gasteiger partial charge on any atom is -0.258 e. The van der Waals surface area contributed by atoms with E-state index in [4.69, 9.17) is 0 Å². The van der Waals surface area contributed by atoms with Gasteiger partial charge < -0.3 is 0 Å². The minimum atomic E-state index is 1.01. The van der Waals surface area contributed by atoms with E-state index < -0.39 is 0 Å². The smallest absolute Gasteiger partial charge is 0.0592 e. The Morgan fingerprint density at radius 2 is 2.46 bits per heavy atom. The molecule has 70 valence electrons. The molecule has 1 rings (SSSR count). The van der Waals surface area contributed by atoms with Crippen molar-refractivity contribution in [3.63, 3.8) is 0 Å². The molecule has 1 aliphatic rings.